The molecule has 0 amide bonds. The van der Waals surface area contributed by atoms with Gasteiger partial charge in [0.2, 0.25) is 0 Å². The molecule has 7 nitrogen and oxygen atoms in total. The van der Waals surface area contributed by atoms with Crippen LogP contribution in [0.25, 0.3) is 11.3 Å². The third-order valence-corrected chi connectivity index (χ3v) is 7.75. The molecule has 32 heavy (non-hydrogen) atoms. The van der Waals surface area contributed by atoms with E-state index in [9.17, 15) is 0 Å². The Hall–Kier alpha value is -1.29. The molecule has 4 rings (SSSR count). The van der Waals surface area contributed by atoms with Gasteiger partial charge < -0.3 is 25.8 Å². The Labute approximate surface area is 199 Å². The third kappa shape index (κ3) is 5.98. The predicted molar refractivity (Wildman–Crippen MR) is 130 cm³/mol. The van der Waals surface area contributed by atoms with Crippen LogP contribution in [-0.2, 0) is 15.0 Å². The Kier molecular flexibility index (Phi) is 8.37. The van der Waals surface area contributed by atoms with E-state index in [1.807, 2.05) is 6.07 Å². The standard InChI is InChI=1S/C23H34ClN5O2S/c1-30-11-8-26-17-2-6-23(25,7-3-17)21-12-18(19(24)14-27-21)20-15-32-22(29-20)28-13-16-4-9-31-10-5-16/h12,14-17,26H,2-11,13,25H2,1H3,(H,28,29). The lowest BCUT2D eigenvalue weighted by Crippen LogP contribution is -2.46. The van der Waals surface area contributed by atoms with Crippen LogP contribution in [0.4, 0.5) is 5.13 Å². The van der Waals surface area contributed by atoms with Crippen LogP contribution in [0.15, 0.2) is 17.6 Å². The SMILES string of the molecule is COCCNC1CCC(N)(c2cc(-c3csc(NCC4CCOCC4)n3)c(Cl)cn2)CC1. The average molecular weight is 480 g/mol. The lowest BCUT2D eigenvalue weighted by molar-refractivity contribution is 0.0699. The van der Waals surface area contributed by atoms with Gasteiger partial charge in [-0.05, 0) is 50.5 Å². The number of nitrogens with one attached hydrogen (secondary N) is 2. The van der Waals surface area contributed by atoms with Gasteiger partial charge in [0.15, 0.2) is 5.13 Å². The van der Waals surface area contributed by atoms with Crippen LogP contribution >= 0.6 is 22.9 Å². The molecule has 0 unspecified atom stereocenters. The van der Waals surface area contributed by atoms with E-state index in [2.05, 4.69) is 21.0 Å². The molecule has 2 aromatic rings. The van der Waals surface area contributed by atoms with Crippen molar-refractivity contribution in [2.45, 2.75) is 50.1 Å². The number of halogens is 1. The summed E-state index contributed by atoms with van der Waals surface area (Å²) in [4.78, 5) is 9.41. The van der Waals surface area contributed by atoms with Gasteiger partial charge in [-0.15, -0.1) is 11.3 Å². The minimum Gasteiger partial charge on any atom is -0.383 e. The summed E-state index contributed by atoms with van der Waals surface area (Å²) in [6.07, 6.45) is 7.76. The minimum atomic E-state index is -0.432. The van der Waals surface area contributed by atoms with Crippen LogP contribution in [-0.4, -0.2) is 56.0 Å². The van der Waals surface area contributed by atoms with Crippen LogP contribution < -0.4 is 16.4 Å². The molecule has 0 bridgehead atoms. The molecule has 4 N–H and O–H groups in total. The molecule has 1 aliphatic heterocycles. The van der Waals surface area contributed by atoms with E-state index in [1.165, 1.54) is 0 Å². The number of ether oxygens (including phenoxy) is 2. The Balaban J connectivity index is 1.40. The summed E-state index contributed by atoms with van der Waals surface area (Å²) in [6, 6.07) is 2.52. The van der Waals surface area contributed by atoms with Gasteiger partial charge in [-0.2, -0.15) is 0 Å². The number of hydrogen-bond donors (Lipinski definition) is 3. The van der Waals surface area contributed by atoms with E-state index in [4.69, 9.17) is 31.8 Å². The maximum Gasteiger partial charge on any atom is 0.183 e. The molecule has 0 spiro atoms. The fourth-order valence-corrected chi connectivity index (χ4v) is 5.45. The van der Waals surface area contributed by atoms with E-state index in [0.717, 1.165) is 93.5 Å². The van der Waals surface area contributed by atoms with Gasteiger partial charge in [-0.1, -0.05) is 11.6 Å². The summed E-state index contributed by atoms with van der Waals surface area (Å²) >= 11 is 8.13. The first kappa shape index (κ1) is 23.9. The monoisotopic (exact) mass is 479 g/mol. The average Bonchev–Trinajstić information content (AvgIpc) is 3.29. The smallest absolute Gasteiger partial charge is 0.183 e. The normalized spacial score (nSPS) is 24.5. The number of pyridine rings is 1. The Morgan fingerprint density at radius 1 is 1.28 bits per heavy atom. The van der Waals surface area contributed by atoms with Crippen molar-refractivity contribution in [3.8, 4) is 11.3 Å². The van der Waals surface area contributed by atoms with Crippen LogP contribution in [0.2, 0.25) is 5.02 Å². The Morgan fingerprint density at radius 3 is 2.81 bits per heavy atom. The van der Waals surface area contributed by atoms with E-state index >= 15 is 0 Å². The lowest BCUT2D eigenvalue weighted by Gasteiger charge is -2.37. The summed E-state index contributed by atoms with van der Waals surface area (Å²) in [6.45, 7) is 4.24. The molecule has 0 atom stereocenters. The molecular weight excluding hydrogens is 446 g/mol. The number of nitrogens with zero attached hydrogens (tertiary/aromatic N) is 2. The summed E-state index contributed by atoms with van der Waals surface area (Å²) in [5.41, 5.74) is 9.07. The van der Waals surface area contributed by atoms with Crippen molar-refractivity contribution in [2.75, 3.05) is 45.3 Å². The minimum absolute atomic E-state index is 0.432. The number of nitrogens with two attached hydrogens (primary N) is 1. The molecule has 1 saturated carbocycles. The van der Waals surface area contributed by atoms with Crippen molar-refractivity contribution >= 4 is 28.1 Å². The quantitative estimate of drug-likeness (QED) is 0.467. The van der Waals surface area contributed by atoms with Gasteiger partial charge in [0, 0.05) is 56.6 Å². The molecule has 176 valence electrons. The summed E-state index contributed by atoms with van der Waals surface area (Å²) in [5, 5.41) is 10.6. The maximum atomic E-state index is 6.83. The van der Waals surface area contributed by atoms with E-state index in [1.54, 1.807) is 24.6 Å². The summed E-state index contributed by atoms with van der Waals surface area (Å²) in [5.74, 6) is 0.642. The van der Waals surface area contributed by atoms with Crippen molar-refractivity contribution in [3.63, 3.8) is 0 Å². The molecule has 9 heteroatoms. The molecule has 3 heterocycles. The zero-order chi connectivity index (χ0) is 22.4. The first-order valence-electron chi connectivity index (χ1n) is 11.5. The van der Waals surface area contributed by atoms with Crippen LogP contribution in [0.5, 0.6) is 0 Å². The topological polar surface area (TPSA) is 94.3 Å². The van der Waals surface area contributed by atoms with Crippen molar-refractivity contribution in [1.29, 1.82) is 0 Å². The van der Waals surface area contributed by atoms with Crippen LogP contribution in [0.1, 0.15) is 44.2 Å². The fraction of sp³-hybridized carbons (Fsp3) is 0.652. The second-order valence-corrected chi connectivity index (χ2v) is 10.2. The van der Waals surface area contributed by atoms with Crippen molar-refractivity contribution < 1.29 is 9.47 Å². The Morgan fingerprint density at radius 2 is 2.06 bits per heavy atom. The molecular formula is C23H34ClN5O2S. The first-order chi connectivity index (χ1) is 15.6. The number of thiazole rings is 1. The highest BCUT2D eigenvalue weighted by molar-refractivity contribution is 7.14. The highest BCUT2D eigenvalue weighted by atomic mass is 35.5. The Bertz CT molecular complexity index is 866. The molecule has 2 aliphatic rings. The first-order valence-corrected chi connectivity index (χ1v) is 12.8. The third-order valence-electron chi connectivity index (χ3n) is 6.65. The fourth-order valence-electron chi connectivity index (χ4n) is 4.53. The maximum absolute atomic E-state index is 6.83. The molecule has 2 fully saturated rings. The summed E-state index contributed by atoms with van der Waals surface area (Å²) < 4.78 is 10.6. The second kappa shape index (κ2) is 11.2. The van der Waals surface area contributed by atoms with Gasteiger partial charge in [0.25, 0.3) is 0 Å². The highest BCUT2D eigenvalue weighted by Gasteiger charge is 2.35. The van der Waals surface area contributed by atoms with Gasteiger partial charge in [0.1, 0.15) is 0 Å². The number of methoxy groups -OCH3 is 1. The van der Waals surface area contributed by atoms with E-state index < -0.39 is 5.54 Å². The van der Waals surface area contributed by atoms with Gasteiger partial charge >= 0.3 is 0 Å². The van der Waals surface area contributed by atoms with Crippen LogP contribution in [0, 0.1) is 5.92 Å². The molecule has 1 aliphatic carbocycles. The number of aromatic nitrogens is 2. The molecule has 2 aromatic heterocycles. The van der Waals surface area contributed by atoms with Crippen molar-refractivity contribution in [1.82, 2.24) is 15.3 Å². The predicted octanol–water partition coefficient (Wildman–Crippen LogP) is 4.03. The second-order valence-electron chi connectivity index (χ2n) is 8.90. The summed E-state index contributed by atoms with van der Waals surface area (Å²) in [7, 11) is 1.73. The largest absolute Gasteiger partial charge is 0.383 e. The van der Waals surface area contributed by atoms with E-state index in [-0.39, 0.29) is 0 Å². The van der Waals surface area contributed by atoms with Crippen LogP contribution in [0.3, 0.4) is 0 Å². The highest BCUT2D eigenvalue weighted by Crippen LogP contribution is 2.38. The molecule has 1 saturated heterocycles. The number of hydrogen-bond acceptors (Lipinski definition) is 8. The number of rotatable bonds is 9. The zero-order valence-electron chi connectivity index (χ0n) is 18.7. The van der Waals surface area contributed by atoms with Crippen molar-refractivity contribution in [2.24, 2.45) is 11.7 Å². The zero-order valence-corrected chi connectivity index (χ0v) is 20.3. The van der Waals surface area contributed by atoms with Crippen molar-refractivity contribution in [3.05, 3.63) is 28.4 Å². The van der Waals surface area contributed by atoms with E-state index in [0.29, 0.717) is 17.0 Å². The van der Waals surface area contributed by atoms with Gasteiger partial charge in [-0.25, -0.2) is 4.98 Å². The molecule has 0 aromatic carbocycles. The lowest BCUT2D eigenvalue weighted by atomic mass is 9.77. The molecule has 0 radical (unpaired) electrons. The van der Waals surface area contributed by atoms with Gasteiger partial charge in [-0.3, -0.25) is 4.98 Å². The number of anilines is 1. The van der Waals surface area contributed by atoms with Gasteiger partial charge in [0.05, 0.1) is 28.6 Å².